The summed E-state index contributed by atoms with van der Waals surface area (Å²) in [5, 5.41) is 19.1. The second-order valence-corrected chi connectivity index (χ2v) is 10.8. The maximum atomic E-state index is 11.9. The summed E-state index contributed by atoms with van der Waals surface area (Å²) in [6, 6.07) is 26.5. The normalized spacial score (nSPS) is 11.3. The molecule has 0 bridgehead atoms. The third kappa shape index (κ3) is 8.04. The predicted octanol–water partition coefficient (Wildman–Crippen LogP) is 6.30. The van der Waals surface area contributed by atoms with Gasteiger partial charge in [-0.15, -0.1) is 0 Å². The number of phenols is 1. The zero-order chi connectivity index (χ0) is 28.5. The van der Waals surface area contributed by atoms with E-state index in [1.54, 1.807) is 12.1 Å². The van der Waals surface area contributed by atoms with Crippen LogP contribution in [0.15, 0.2) is 91.0 Å². The predicted molar refractivity (Wildman–Crippen MR) is 152 cm³/mol. The van der Waals surface area contributed by atoms with Crippen LogP contribution in [0.2, 0.25) is 0 Å². The molecule has 9 heteroatoms. The largest absolute Gasteiger partial charge is 0.508 e. The van der Waals surface area contributed by atoms with E-state index in [2.05, 4.69) is 0 Å². The number of carbonyl (C=O) groups is 1. The third-order valence-corrected chi connectivity index (χ3v) is 7.00. The highest BCUT2D eigenvalue weighted by Crippen LogP contribution is 2.40. The van der Waals surface area contributed by atoms with E-state index >= 15 is 0 Å². The lowest BCUT2D eigenvalue weighted by atomic mass is 10.0. The van der Waals surface area contributed by atoms with Crippen molar-refractivity contribution in [1.29, 1.82) is 0 Å². The van der Waals surface area contributed by atoms with Crippen LogP contribution in [0.3, 0.4) is 0 Å². The lowest BCUT2D eigenvalue weighted by molar-refractivity contribution is 0.104. The number of carbonyl (C=O) groups excluding carboxylic acids is 1. The number of benzene rings is 4. The second kappa shape index (κ2) is 13.4. The fraction of sp³-hybridized carbons (Fsp3) is 0.194. The molecule has 0 aliphatic rings. The van der Waals surface area contributed by atoms with Gasteiger partial charge < -0.3 is 29.5 Å². The van der Waals surface area contributed by atoms with E-state index in [9.17, 15) is 14.5 Å². The Hall–Kier alpha value is -3.94. The van der Waals surface area contributed by atoms with E-state index < -0.39 is 13.1 Å². The first kappa shape index (κ1) is 29.1. The molecule has 40 heavy (non-hydrogen) atoms. The smallest absolute Gasteiger partial charge is 0.396 e. The summed E-state index contributed by atoms with van der Waals surface area (Å²) in [4.78, 5) is 30.3. The Bertz CT molecular complexity index is 1490. The van der Waals surface area contributed by atoms with Crippen molar-refractivity contribution in [2.45, 2.75) is 25.7 Å². The van der Waals surface area contributed by atoms with Crippen LogP contribution in [0.5, 0.6) is 23.0 Å². The Morgan fingerprint density at radius 2 is 1.43 bits per heavy atom. The second-order valence-electron chi connectivity index (χ2n) is 9.30. The highest BCUT2D eigenvalue weighted by atomic mass is 31.2. The number of hydrogen-bond acceptors (Lipinski definition) is 6. The number of rotatable bonds is 13. The van der Waals surface area contributed by atoms with Crippen molar-refractivity contribution in [3.05, 3.63) is 108 Å². The number of aliphatic hydroxyl groups is 1. The number of aliphatic hydroxyl groups excluding tert-OH is 1. The van der Waals surface area contributed by atoms with Crippen LogP contribution >= 0.6 is 7.60 Å². The van der Waals surface area contributed by atoms with Gasteiger partial charge in [0.25, 0.3) is 5.52 Å². The van der Waals surface area contributed by atoms with Gasteiger partial charge in [0, 0.05) is 18.6 Å². The Balaban J connectivity index is 1.41. The zero-order valence-electron chi connectivity index (χ0n) is 21.8. The van der Waals surface area contributed by atoms with Crippen molar-refractivity contribution < 1.29 is 38.8 Å². The maximum absolute atomic E-state index is 11.9. The molecule has 0 amide bonds. The fourth-order valence-electron chi connectivity index (χ4n) is 4.14. The van der Waals surface area contributed by atoms with Crippen LogP contribution in [0.25, 0.3) is 11.1 Å². The molecule has 0 unspecified atom stereocenters. The molecule has 0 saturated heterocycles. The van der Waals surface area contributed by atoms with Gasteiger partial charge in [0.2, 0.25) is 0 Å². The van der Waals surface area contributed by atoms with Crippen LogP contribution in [0.1, 0.15) is 40.7 Å². The molecule has 0 fully saturated rings. The van der Waals surface area contributed by atoms with Crippen LogP contribution in [0.4, 0.5) is 0 Å². The number of hydrogen-bond donors (Lipinski definition) is 4. The Morgan fingerprint density at radius 3 is 2.10 bits per heavy atom. The van der Waals surface area contributed by atoms with E-state index in [0.717, 1.165) is 41.7 Å². The number of unbranched alkanes of at least 4 members (excludes halogenated alkanes) is 2. The fourth-order valence-corrected chi connectivity index (χ4v) is 4.62. The summed E-state index contributed by atoms with van der Waals surface area (Å²) in [6.45, 7) is 0.795. The molecule has 208 valence electrons. The van der Waals surface area contributed by atoms with E-state index in [-0.39, 0.29) is 24.3 Å². The first-order chi connectivity index (χ1) is 19.2. The molecule has 0 aliphatic carbocycles. The molecule has 0 aliphatic heterocycles. The van der Waals surface area contributed by atoms with Gasteiger partial charge in [0.05, 0.1) is 6.61 Å². The molecule has 0 radical (unpaired) electrons. The minimum atomic E-state index is -4.92. The van der Waals surface area contributed by atoms with Gasteiger partial charge in [-0.1, -0.05) is 36.4 Å². The first-order valence-corrected chi connectivity index (χ1v) is 14.5. The molecular weight excluding hydrogens is 531 g/mol. The van der Waals surface area contributed by atoms with Gasteiger partial charge >= 0.3 is 7.60 Å². The minimum Gasteiger partial charge on any atom is -0.508 e. The van der Waals surface area contributed by atoms with Gasteiger partial charge in [-0.3, -0.25) is 9.36 Å². The van der Waals surface area contributed by atoms with Crippen molar-refractivity contribution in [2.24, 2.45) is 0 Å². The van der Waals surface area contributed by atoms with Crippen LogP contribution in [0, 0.1) is 0 Å². The summed E-state index contributed by atoms with van der Waals surface area (Å²) >= 11 is 0. The molecule has 0 saturated carbocycles. The Kier molecular flexibility index (Phi) is 9.74. The monoisotopic (exact) mass is 562 g/mol. The standard InChI is InChI=1S/C31H31O8P/c32-16-2-1-3-17-38-28-8-4-6-23(20-28)24-7-5-9-29(21-24)39-27-13-10-22(11-14-27)18-26-19-25(12-15-30(26)33)31(34)40(35,36)37/h4-15,19-21,32-33H,1-3,16-18H2,(H2,35,36,37). The summed E-state index contributed by atoms with van der Waals surface area (Å²) in [6.07, 6.45) is 2.84. The SMILES string of the molecule is O=C(c1ccc(O)c(Cc2ccc(Oc3cccc(-c4cccc(OCCCCCO)c4)c3)cc2)c1)P(=O)(O)O. The number of ether oxygens (including phenoxy) is 2. The van der Waals surface area contributed by atoms with Gasteiger partial charge in [0.1, 0.15) is 23.0 Å². The van der Waals surface area contributed by atoms with Gasteiger partial charge in [-0.05, 0) is 96.1 Å². The van der Waals surface area contributed by atoms with Crippen LogP contribution in [-0.4, -0.2) is 38.7 Å². The van der Waals surface area contributed by atoms with Crippen molar-refractivity contribution in [1.82, 2.24) is 0 Å². The van der Waals surface area contributed by atoms with E-state index in [0.29, 0.717) is 23.7 Å². The minimum absolute atomic E-state index is 0.0735. The Morgan fingerprint density at radius 1 is 0.750 bits per heavy atom. The number of phenolic OH excluding ortho intramolecular Hbond substituents is 1. The molecule has 8 nitrogen and oxygen atoms in total. The molecular formula is C31H31O8P. The van der Waals surface area contributed by atoms with Gasteiger partial charge in [-0.2, -0.15) is 0 Å². The average molecular weight is 563 g/mol. The van der Waals surface area contributed by atoms with Crippen molar-refractivity contribution in [2.75, 3.05) is 13.2 Å². The van der Waals surface area contributed by atoms with Crippen molar-refractivity contribution >= 4 is 13.1 Å². The number of aromatic hydroxyl groups is 1. The highest BCUT2D eigenvalue weighted by molar-refractivity contribution is 7.70. The summed E-state index contributed by atoms with van der Waals surface area (Å²) < 4.78 is 23.2. The topological polar surface area (TPSA) is 134 Å². The van der Waals surface area contributed by atoms with E-state index in [1.807, 2.05) is 60.7 Å². The molecule has 0 aromatic heterocycles. The first-order valence-electron chi connectivity index (χ1n) is 12.9. The van der Waals surface area contributed by atoms with E-state index in [1.165, 1.54) is 18.2 Å². The zero-order valence-corrected chi connectivity index (χ0v) is 22.7. The van der Waals surface area contributed by atoms with Crippen molar-refractivity contribution in [3.8, 4) is 34.1 Å². The lowest BCUT2D eigenvalue weighted by Crippen LogP contribution is -2.01. The molecule has 0 atom stereocenters. The molecule has 4 N–H and O–H groups in total. The lowest BCUT2D eigenvalue weighted by Gasteiger charge is -2.11. The molecule has 4 aromatic carbocycles. The maximum Gasteiger partial charge on any atom is 0.396 e. The highest BCUT2D eigenvalue weighted by Gasteiger charge is 2.27. The van der Waals surface area contributed by atoms with Gasteiger partial charge in [0.15, 0.2) is 0 Å². The quantitative estimate of drug-likeness (QED) is 0.110. The summed E-state index contributed by atoms with van der Waals surface area (Å²) in [7, 11) is -4.92. The summed E-state index contributed by atoms with van der Waals surface area (Å²) in [5.41, 5.74) is 1.71. The van der Waals surface area contributed by atoms with Crippen molar-refractivity contribution in [3.63, 3.8) is 0 Å². The van der Waals surface area contributed by atoms with Crippen LogP contribution in [-0.2, 0) is 11.0 Å². The third-order valence-electron chi connectivity index (χ3n) is 6.22. The molecule has 0 heterocycles. The summed E-state index contributed by atoms with van der Waals surface area (Å²) in [5.74, 6) is 1.97. The Labute approximate surface area is 232 Å². The molecule has 4 aromatic rings. The van der Waals surface area contributed by atoms with E-state index in [4.69, 9.17) is 24.4 Å². The molecule has 0 spiro atoms. The van der Waals surface area contributed by atoms with Crippen LogP contribution < -0.4 is 9.47 Å². The molecule has 4 rings (SSSR count). The van der Waals surface area contributed by atoms with Gasteiger partial charge in [-0.25, -0.2) is 0 Å². The average Bonchev–Trinajstić information content (AvgIpc) is 2.94.